The molecule has 0 aliphatic carbocycles. The van der Waals surface area contributed by atoms with Crippen molar-refractivity contribution in [2.24, 2.45) is 0 Å². The van der Waals surface area contributed by atoms with Crippen LogP contribution in [0.4, 0.5) is 0 Å². The van der Waals surface area contributed by atoms with E-state index in [4.69, 9.17) is 49.8 Å². The lowest BCUT2D eigenvalue weighted by atomic mass is 9.93. The molecule has 626 valence electrons. The predicted octanol–water partition coefficient (Wildman–Crippen LogP) is 30.0. The normalized spacial score (nSPS) is 12.6. The molecule has 13 rings (SSSR count). The van der Waals surface area contributed by atoms with Gasteiger partial charge in [0.2, 0.25) is 0 Å². The van der Waals surface area contributed by atoms with Crippen LogP contribution in [0.1, 0.15) is 413 Å². The zero-order chi connectivity index (χ0) is 80.9. The number of nitrogens with one attached hydrogen (secondary N) is 2. The Labute approximate surface area is 695 Å². The molecule has 16 nitrogen and oxygen atoms in total. The average molecular weight is 1570 g/mol. The highest BCUT2D eigenvalue weighted by Gasteiger charge is 2.32. The average Bonchev–Trinajstić information content (AvgIpc) is 1.57. The summed E-state index contributed by atoms with van der Waals surface area (Å²) in [5, 5.41) is 3.88. The summed E-state index contributed by atoms with van der Waals surface area (Å²) in [6, 6.07) is 18.8. The molecule has 0 saturated carbocycles. The Bertz CT molecular complexity index is 5120. The number of unbranched alkanes of at least 4 members (excludes halogenated alkanes) is 24. The molecule has 11 aromatic rings. The van der Waals surface area contributed by atoms with Gasteiger partial charge >= 0.3 is 0 Å². The van der Waals surface area contributed by atoms with Crippen LogP contribution in [0.2, 0.25) is 0 Å². The minimum Gasteiger partial charge on any atom is -0.328 e. The van der Waals surface area contributed by atoms with Crippen molar-refractivity contribution in [1.82, 2.24) is 78.1 Å². The predicted molar refractivity (Wildman–Crippen MR) is 491 cm³/mol. The van der Waals surface area contributed by atoms with Gasteiger partial charge in [-0.25, -0.2) is 49.8 Å². The summed E-state index contributed by atoms with van der Waals surface area (Å²) in [7, 11) is 0. The Morgan fingerprint density at radius 3 is 0.681 bits per heavy atom. The van der Waals surface area contributed by atoms with Crippen LogP contribution >= 0.6 is 0 Å². The van der Waals surface area contributed by atoms with E-state index in [0.717, 1.165) is 191 Å². The van der Waals surface area contributed by atoms with Crippen molar-refractivity contribution in [2.75, 3.05) is 0 Å². The zero-order valence-electron chi connectivity index (χ0n) is 74.1. The van der Waals surface area contributed by atoms with Crippen LogP contribution in [0, 0.1) is 0 Å². The van der Waals surface area contributed by atoms with E-state index >= 15 is 0 Å². The summed E-state index contributed by atoms with van der Waals surface area (Å²) in [4.78, 5) is 66.2. The summed E-state index contributed by atoms with van der Waals surface area (Å²) in [5.74, 6) is 8.69. The first-order valence-electron chi connectivity index (χ1n) is 48.1. The molecule has 0 saturated heterocycles. The van der Waals surface area contributed by atoms with E-state index in [9.17, 15) is 0 Å². The molecule has 2 aliphatic heterocycles. The van der Waals surface area contributed by atoms with Gasteiger partial charge < -0.3 is 28.2 Å². The van der Waals surface area contributed by atoms with Crippen molar-refractivity contribution in [2.45, 2.75) is 415 Å². The van der Waals surface area contributed by atoms with Crippen LogP contribution in [0.3, 0.4) is 0 Å². The Hall–Kier alpha value is -7.88. The number of hydrogen-bond acceptors (Lipinski definition) is 10. The van der Waals surface area contributed by atoms with Crippen molar-refractivity contribution in [3.05, 3.63) is 71.8 Å². The molecule has 2 N–H and O–H groups in total. The monoisotopic (exact) mass is 1570 g/mol. The second-order valence-electron chi connectivity index (χ2n) is 35.2. The van der Waals surface area contributed by atoms with Crippen molar-refractivity contribution in [3.63, 3.8) is 0 Å². The third kappa shape index (κ3) is 19.7. The topological polar surface area (TPSA) is 180 Å². The number of aromatic nitrogens is 16. The fourth-order valence-corrected chi connectivity index (χ4v) is 19.6. The highest BCUT2D eigenvalue weighted by Crippen LogP contribution is 2.45. The number of aromatic amines is 2. The minimum atomic E-state index is 0.360. The van der Waals surface area contributed by atoms with Crippen LogP contribution in [0.25, 0.3) is 134 Å². The lowest BCUT2D eigenvalue weighted by Gasteiger charge is -2.19. The largest absolute Gasteiger partial charge is 0.328 e. The lowest BCUT2D eigenvalue weighted by Crippen LogP contribution is -2.10. The molecule has 9 heterocycles. The number of aryl methyl sites for hydroxylation is 4. The van der Waals surface area contributed by atoms with E-state index in [0.29, 0.717) is 69.6 Å². The summed E-state index contributed by atoms with van der Waals surface area (Å²) in [6.45, 7) is 31.4. The molecule has 8 bridgehead atoms. The van der Waals surface area contributed by atoms with Gasteiger partial charge in [-0.15, -0.1) is 0 Å². The van der Waals surface area contributed by atoms with Crippen LogP contribution in [-0.4, -0.2) is 78.1 Å². The van der Waals surface area contributed by atoms with Gasteiger partial charge in [-0.05, 0) is 126 Å². The molecule has 2 aliphatic rings. The molecule has 0 unspecified atom stereocenters. The first kappa shape index (κ1) is 86.0. The molecule has 0 spiro atoms. The SMILES string of the molecule is CCCCCCC(CCCCCC)c1nc2cc3c(cc2n1CCC)-c1nc2nc(nc4[nH]c(nc5[nH]c(nc-3n1)c1cc3c(cc51)nc(C(CCCCCC)CCCCCC)n3CCC)c1cc3c(cc41)nc(C(CCCCCC)CCCCCC)n3CCC)-c1cc3c(cc1-2)nc(C(CCCCCC)CCCCCC)n3CCC. The molecule has 0 radical (unpaired) electrons. The van der Waals surface area contributed by atoms with Crippen molar-refractivity contribution < 1.29 is 0 Å². The van der Waals surface area contributed by atoms with Gasteiger partial charge in [0.25, 0.3) is 0 Å². The molecule has 116 heavy (non-hydrogen) atoms. The van der Waals surface area contributed by atoms with Crippen LogP contribution in [0.15, 0.2) is 48.5 Å². The van der Waals surface area contributed by atoms with E-state index in [1.165, 1.54) is 229 Å². The number of hydrogen-bond donors (Lipinski definition) is 2. The van der Waals surface area contributed by atoms with E-state index in [-0.39, 0.29) is 0 Å². The molecular formula is C100H146N16. The Balaban J connectivity index is 1.13. The molecule has 16 heteroatoms. The standard InChI is InChI=1S/C100H146N16/c1-13-25-33-41-49-69(50-42-34-26-14-2)97-101-81-61-73-77(65-85(81)113(97)57-21-9)93-105-89(73)109-94-78-66-86-83(103-99(114(86)58-22-10)71(53-45-37-29-17-5)54-46-38-30-18-6)63-75(78)91(107-94)111-96-80-68-88-84(104-100(116(88)60-24-12)72(55-47-39-31-19-7)56-48-40-32-20-8)64-76(80)92(108-96)112-95-79-67-87-82(62-74(79)90(106-95)110-93)102-98(115(87)59-23-11)70(51-43-35-27-15-3)52-44-36-28-16-4/h61-72H,13-60H2,1-12H3,(H2,105,106,107,108,109,110,111,112). The van der Waals surface area contributed by atoms with E-state index in [1.807, 2.05) is 0 Å². The van der Waals surface area contributed by atoms with Gasteiger partial charge in [0.15, 0.2) is 23.3 Å². The number of fused-ring (bicyclic) bond motifs is 24. The molecule has 0 amide bonds. The molecular weight excluding hydrogens is 1430 g/mol. The highest BCUT2D eigenvalue weighted by molar-refractivity contribution is 6.13. The first-order valence-corrected chi connectivity index (χ1v) is 48.1. The third-order valence-electron chi connectivity index (χ3n) is 25.9. The summed E-state index contributed by atoms with van der Waals surface area (Å²) in [5.41, 5.74) is 15.0. The fraction of sp³-hybridized carbons (Fsp3) is 0.640. The number of H-pyrrole nitrogens is 2. The molecule has 4 aromatic carbocycles. The van der Waals surface area contributed by atoms with Gasteiger partial charge in [0.05, 0.1) is 44.1 Å². The molecule has 0 atom stereocenters. The minimum absolute atomic E-state index is 0.360. The van der Waals surface area contributed by atoms with Crippen LogP contribution in [0.5, 0.6) is 0 Å². The van der Waals surface area contributed by atoms with Crippen molar-refractivity contribution in [1.29, 1.82) is 0 Å². The maximum atomic E-state index is 5.94. The zero-order valence-corrected chi connectivity index (χ0v) is 74.1. The Kier molecular flexibility index (Phi) is 31.6. The van der Waals surface area contributed by atoms with E-state index in [1.54, 1.807) is 0 Å². The van der Waals surface area contributed by atoms with Gasteiger partial charge in [0.1, 0.15) is 45.9 Å². The lowest BCUT2D eigenvalue weighted by molar-refractivity contribution is 0.462. The van der Waals surface area contributed by atoms with Gasteiger partial charge in [-0.2, -0.15) is 0 Å². The second-order valence-corrected chi connectivity index (χ2v) is 35.2. The van der Waals surface area contributed by atoms with Gasteiger partial charge in [0, 0.05) is 93.6 Å². The summed E-state index contributed by atoms with van der Waals surface area (Å²) >= 11 is 0. The molecule has 7 aromatic heterocycles. The fourth-order valence-electron chi connectivity index (χ4n) is 19.6. The first-order chi connectivity index (χ1) is 57.0. The maximum Gasteiger partial charge on any atom is 0.164 e. The van der Waals surface area contributed by atoms with Gasteiger partial charge in [-0.1, -0.05) is 289 Å². The Morgan fingerprint density at radius 2 is 0.431 bits per heavy atom. The number of rotatable bonds is 52. The summed E-state index contributed by atoms with van der Waals surface area (Å²) in [6.07, 6.45) is 52.8. The quantitative estimate of drug-likeness (QED) is 0.0348. The van der Waals surface area contributed by atoms with Crippen molar-refractivity contribution >= 4 is 88.3 Å². The number of nitrogens with zero attached hydrogens (tertiary/aromatic N) is 14. The Morgan fingerprint density at radius 1 is 0.216 bits per heavy atom. The third-order valence-corrected chi connectivity index (χ3v) is 25.9. The maximum absolute atomic E-state index is 5.94. The smallest absolute Gasteiger partial charge is 0.164 e. The molecule has 0 fully saturated rings. The van der Waals surface area contributed by atoms with E-state index in [2.05, 4.69) is 160 Å². The van der Waals surface area contributed by atoms with Crippen LogP contribution < -0.4 is 0 Å². The number of benzene rings is 4. The summed E-state index contributed by atoms with van der Waals surface area (Å²) < 4.78 is 10.3. The van der Waals surface area contributed by atoms with Crippen molar-refractivity contribution in [3.8, 4) is 45.6 Å². The van der Waals surface area contributed by atoms with Gasteiger partial charge in [-0.3, -0.25) is 0 Å². The highest BCUT2D eigenvalue weighted by atomic mass is 15.1. The van der Waals surface area contributed by atoms with E-state index < -0.39 is 0 Å². The second kappa shape index (κ2) is 42.7. The number of imidazole rings is 4. The van der Waals surface area contributed by atoms with Crippen LogP contribution in [-0.2, 0) is 26.2 Å².